The van der Waals surface area contributed by atoms with Crippen LogP contribution in [0, 0.1) is 5.92 Å². The van der Waals surface area contributed by atoms with E-state index in [1.165, 1.54) is 5.56 Å². The Kier molecular flexibility index (Phi) is 3.66. The van der Waals surface area contributed by atoms with E-state index in [4.69, 9.17) is 16.3 Å². The van der Waals surface area contributed by atoms with E-state index in [2.05, 4.69) is 19.1 Å². The van der Waals surface area contributed by atoms with Crippen molar-refractivity contribution in [2.75, 3.05) is 6.61 Å². The zero-order valence-electron chi connectivity index (χ0n) is 9.03. The first-order valence-electron chi connectivity index (χ1n) is 5.63. The van der Waals surface area contributed by atoms with Gasteiger partial charge in [0.2, 0.25) is 0 Å². The van der Waals surface area contributed by atoms with Gasteiger partial charge in [0.05, 0.1) is 11.5 Å². The third-order valence-corrected chi connectivity index (χ3v) is 3.73. The van der Waals surface area contributed by atoms with Gasteiger partial charge in [-0.15, -0.1) is 11.6 Å². The zero-order valence-corrected chi connectivity index (χ0v) is 9.78. The van der Waals surface area contributed by atoms with Gasteiger partial charge in [-0.2, -0.15) is 0 Å². The topological polar surface area (TPSA) is 9.23 Å². The van der Waals surface area contributed by atoms with Gasteiger partial charge in [0.1, 0.15) is 0 Å². The number of ether oxygens (including phenoxy) is 1. The summed E-state index contributed by atoms with van der Waals surface area (Å²) in [5.74, 6) is 0.471. The standard InChI is InChI=1S/C13H17ClO/c1-2-12-11(8-9-15-12)13(14)10-6-4-3-5-7-10/h3-7,11-13H,2,8-9H2,1H3. The molecule has 1 aliphatic rings. The molecule has 0 N–H and O–H groups in total. The molecule has 1 saturated heterocycles. The minimum atomic E-state index is 0.0960. The van der Waals surface area contributed by atoms with Gasteiger partial charge in [-0.3, -0.25) is 0 Å². The van der Waals surface area contributed by atoms with Crippen molar-refractivity contribution in [2.45, 2.75) is 31.2 Å². The number of halogens is 1. The lowest BCUT2D eigenvalue weighted by molar-refractivity contribution is 0.0864. The molecule has 0 aromatic heterocycles. The molecule has 0 radical (unpaired) electrons. The lowest BCUT2D eigenvalue weighted by Gasteiger charge is -2.22. The van der Waals surface area contributed by atoms with Crippen molar-refractivity contribution >= 4 is 11.6 Å². The van der Waals surface area contributed by atoms with Crippen molar-refractivity contribution in [1.82, 2.24) is 0 Å². The van der Waals surface area contributed by atoms with Crippen molar-refractivity contribution < 1.29 is 4.74 Å². The molecule has 15 heavy (non-hydrogen) atoms. The maximum atomic E-state index is 6.51. The summed E-state index contributed by atoms with van der Waals surface area (Å²) in [5.41, 5.74) is 1.22. The van der Waals surface area contributed by atoms with Gasteiger partial charge < -0.3 is 4.74 Å². The van der Waals surface area contributed by atoms with Gasteiger partial charge in [0.15, 0.2) is 0 Å². The largest absolute Gasteiger partial charge is 0.378 e. The fraction of sp³-hybridized carbons (Fsp3) is 0.538. The van der Waals surface area contributed by atoms with Crippen LogP contribution in [0.25, 0.3) is 0 Å². The van der Waals surface area contributed by atoms with Crippen molar-refractivity contribution in [3.05, 3.63) is 35.9 Å². The summed E-state index contributed by atoms with van der Waals surface area (Å²) in [6.07, 6.45) is 2.48. The summed E-state index contributed by atoms with van der Waals surface area (Å²) in [4.78, 5) is 0. The first-order valence-corrected chi connectivity index (χ1v) is 6.07. The van der Waals surface area contributed by atoms with Crippen LogP contribution in [0.1, 0.15) is 30.7 Å². The van der Waals surface area contributed by atoms with Crippen molar-refractivity contribution in [3.63, 3.8) is 0 Å². The van der Waals surface area contributed by atoms with E-state index >= 15 is 0 Å². The fourth-order valence-corrected chi connectivity index (χ4v) is 2.74. The molecular weight excluding hydrogens is 208 g/mol. The molecule has 82 valence electrons. The quantitative estimate of drug-likeness (QED) is 0.710. The number of rotatable bonds is 3. The highest BCUT2D eigenvalue weighted by atomic mass is 35.5. The Bertz CT molecular complexity index is 299. The highest BCUT2D eigenvalue weighted by Gasteiger charge is 2.33. The lowest BCUT2D eigenvalue weighted by Crippen LogP contribution is -2.19. The van der Waals surface area contributed by atoms with Crippen LogP contribution in [-0.2, 0) is 4.74 Å². The van der Waals surface area contributed by atoms with E-state index in [9.17, 15) is 0 Å². The molecule has 0 bridgehead atoms. The van der Waals surface area contributed by atoms with E-state index in [0.29, 0.717) is 12.0 Å². The van der Waals surface area contributed by atoms with Crippen molar-refractivity contribution in [3.8, 4) is 0 Å². The molecule has 1 aromatic carbocycles. The normalized spacial score (nSPS) is 27.9. The molecule has 0 spiro atoms. The molecule has 0 aliphatic carbocycles. The molecule has 1 nitrogen and oxygen atoms in total. The average Bonchev–Trinajstić information content (AvgIpc) is 2.77. The monoisotopic (exact) mass is 224 g/mol. The second kappa shape index (κ2) is 5.00. The number of hydrogen-bond acceptors (Lipinski definition) is 1. The van der Waals surface area contributed by atoms with Gasteiger partial charge in [-0.25, -0.2) is 0 Å². The van der Waals surface area contributed by atoms with Crippen LogP contribution in [0.4, 0.5) is 0 Å². The number of alkyl halides is 1. The predicted octanol–water partition coefficient (Wildman–Crippen LogP) is 3.78. The molecule has 1 heterocycles. The Morgan fingerprint density at radius 1 is 1.40 bits per heavy atom. The van der Waals surface area contributed by atoms with Gasteiger partial charge in [0, 0.05) is 12.5 Å². The first kappa shape index (κ1) is 11.0. The van der Waals surface area contributed by atoms with Crippen LogP contribution in [0.5, 0.6) is 0 Å². The van der Waals surface area contributed by atoms with Gasteiger partial charge in [-0.1, -0.05) is 37.3 Å². The summed E-state index contributed by atoms with van der Waals surface area (Å²) < 4.78 is 5.67. The summed E-state index contributed by atoms with van der Waals surface area (Å²) in [7, 11) is 0. The van der Waals surface area contributed by atoms with Crippen LogP contribution in [0.15, 0.2) is 30.3 Å². The number of hydrogen-bond donors (Lipinski definition) is 0. The van der Waals surface area contributed by atoms with Crippen LogP contribution in [0.2, 0.25) is 0 Å². The summed E-state index contributed by atoms with van der Waals surface area (Å²) >= 11 is 6.51. The van der Waals surface area contributed by atoms with Crippen LogP contribution in [0.3, 0.4) is 0 Å². The number of benzene rings is 1. The maximum absolute atomic E-state index is 6.51. The van der Waals surface area contributed by atoms with E-state index < -0.39 is 0 Å². The molecule has 1 fully saturated rings. The summed E-state index contributed by atoms with van der Waals surface area (Å²) in [6, 6.07) is 10.3. The Labute approximate surface area is 96.4 Å². The molecule has 2 rings (SSSR count). The SMILES string of the molecule is CCC1OCCC1C(Cl)c1ccccc1. The molecular formula is C13H17ClO. The average molecular weight is 225 g/mol. The van der Waals surface area contributed by atoms with Crippen LogP contribution in [-0.4, -0.2) is 12.7 Å². The third-order valence-electron chi connectivity index (χ3n) is 3.16. The molecule has 0 amide bonds. The second-order valence-electron chi connectivity index (χ2n) is 4.08. The summed E-state index contributed by atoms with van der Waals surface area (Å²) in [5, 5.41) is 0.0960. The zero-order chi connectivity index (χ0) is 10.7. The van der Waals surface area contributed by atoms with Crippen molar-refractivity contribution in [2.24, 2.45) is 5.92 Å². The molecule has 2 heteroatoms. The summed E-state index contributed by atoms with van der Waals surface area (Å²) in [6.45, 7) is 3.02. The Morgan fingerprint density at radius 2 is 2.13 bits per heavy atom. The Balaban J connectivity index is 2.10. The third kappa shape index (κ3) is 2.35. The second-order valence-corrected chi connectivity index (χ2v) is 4.55. The minimum absolute atomic E-state index is 0.0960. The molecule has 1 aromatic rings. The highest BCUT2D eigenvalue weighted by Crippen LogP contribution is 2.38. The Hall–Kier alpha value is -0.530. The smallest absolute Gasteiger partial charge is 0.0639 e. The van der Waals surface area contributed by atoms with Crippen LogP contribution < -0.4 is 0 Å². The van der Waals surface area contributed by atoms with Crippen molar-refractivity contribution in [1.29, 1.82) is 0 Å². The van der Waals surface area contributed by atoms with Gasteiger partial charge >= 0.3 is 0 Å². The van der Waals surface area contributed by atoms with Crippen LogP contribution >= 0.6 is 11.6 Å². The van der Waals surface area contributed by atoms with E-state index in [0.717, 1.165) is 19.4 Å². The predicted molar refractivity (Wildman–Crippen MR) is 63.2 cm³/mol. The first-order chi connectivity index (χ1) is 7.33. The molecule has 3 unspecified atom stereocenters. The fourth-order valence-electron chi connectivity index (χ4n) is 2.30. The van der Waals surface area contributed by atoms with E-state index in [-0.39, 0.29) is 5.38 Å². The minimum Gasteiger partial charge on any atom is -0.378 e. The molecule has 0 saturated carbocycles. The Morgan fingerprint density at radius 3 is 2.80 bits per heavy atom. The lowest BCUT2D eigenvalue weighted by atomic mass is 9.91. The highest BCUT2D eigenvalue weighted by molar-refractivity contribution is 6.21. The van der Waals surface area contributed by atoms with E-state index in [1.807, 2.05) is 18.2 Å². The van der Waals surface area contributed by atoms with E-state index in [1.54, 1.807) is 0 Å². The molecule has 3 atom stereocenters. The molecule has 1 aliphatic heterocycles. The van der Waals surface area contributed by atoms with Gasteiger partial charge in [0.25, 0.3) is 0 Å². The van der Waals surface area contributed by atoms with Gasteiger partial charge in [-0.05, 0) is 18.4 Å². The maximum Gasteiger partial charge on any atom is 0.0639 e.